The molecule has 1 aromatic rings. The lowest BCUT2D eigenvalue weighted by atomic mass is 9.95. The topological polar surface area (TPSA) is 63.2 Å². The van der Waals surface area contributed by atoms with Crippen LogP contribution in [0, 0.1) is 12.3 Å². The molecule has 0 saturated carbocycles. The van der Waals surface area contributed by atoms with Gasteiger partial charge in [0.1, 0.15) is 0 Å². The third-order valence-corrected chi connectivity index (χ3v) is 5.00. The van der Waals surface area contributed by atoms with Gasteiger partial charge in [0.25, 0.3) is 0 Å². The molecule has 0 radical (unpaired) electrons. The Labute approximate surface area is 101 Å². The van der Waals surface area contributed by atoms with Gasteiger partial charge < -0.3 is 5.32 Å². The highest BCUT2D eigenvalue weighted by molar-refractivity contribution is 7.91. The van der Waals surface area contributed by atoms with E-state index in [1.807, 2.05) is 6.92 Å². The van der Waals surface area contributed by atoms with Crippen LogP contribution in [0.25, 0.3) is 0 Å². The molecule has 17 heavy (non-hydrogen) atoms. The number of hydrogen-bond acceptors (Lipinski definition) is 3. The molecule has 0 aromatic heterocycles. The van der Waals surface area contributed by atoms with Gasteiger partial charge in [-0.2, -0.15) is 0 Å². The van der Waals surface area contributed by atoms with Crippen molar-refractivity contribution in [2.24, 2.45) is 5.41 Å². The molecular weight excluding hydrogens is 238 g/mol. The van der Waals surface area contributed by atoms with Gasteiger partial charge in [0.2, 0.25) is 5.91 Å². The highest BCUT2D eigenvalue weighted by Crippen LogP contribution is 2.33. The maximum atomic E-state index is 12.2. The second kappa shape index (κ2) is 3.57. The molecule has 0 bridgehead atoms. The summed E-state index contributed by atoms with van der Waals surface area (Å²) in [6.07, 6.45) is 0. The van der Waals surface area contributed by atoms with Crippen LogP contribution in [0.15, 0.2) is 23.1 Å². The van der Waals surface area contributed by atoms with Crippen LogP contribution in [0.1, 0.15) is 19.4 Å². The van der Waals surface area contributed by atoms with Crippen molar-refractivity contribution < 1.29 is 13.2 Å². The number of anilines is 1. The second-order valence-corrected chi connectivity index (χ2v) is 7.05. The monoisotopic (exact) mass is 253 g/mol. The van der Waals surface area contributed by atoms with Crippen LogP contribution in [0.2, 0.25) is 0 Å². The van der Waals surface area contributed by atoms with E-state index in [2.05, 4.69) is 5.32 Å². The Balaban J connectivity index is 2.68. The van der Waals surface area contributed by atoms with E-state index in [4.69, 9.17) is 0 Å². The van der Waals surface area contributed by atoms with E-state index in [9.17, 15) is 13.2 Å². The zero-order valence-corrected chi connectivity index (χ0v) is 10.9. The maximum Gasteiger partial charge on any atom is 0.231 e. The van der Waals surface area contributed by atoms with E-state index < -0.39 is 15.3 Å². The number of benzene rings is 1. The number of sulfone groups is 1. The van der Waals surface area contributed by atoms with Gasteiger partial charge in [-0.3, -0.25) is 4.79 Å². The molecule has 1 aromatic carbocycles. The van der Waals surface area contributed by atoms with Gasteiger partial charge >= 0.3 is 0 Å². The maximum absolute atomic E-state index is 12.2. The number of amides is 1. The zero-order chi connectivity index (χ0) is 12.8. The van der Waals surface area contributed by atoms with Crippen molar-refractivity contribution >= 4 is 21.4 Å². The summed E-state index contributed by atoms with van der Waals surface area (Å²) in [6, 6.07) is 5.03. The smallest absolute Gasteiger partial charge is 0.231 e. The molecular formula is C12H15NO3S. The summed E-state index contributed by atoms with van der Waals surface area (Å²) in [5.74, 6) is -0.425. The lowest BCUT2D eigenvalue weighted by Crippen LogP contribution is -2.34. The van der Waals surface area contributed by atoms with Crippen LogP contribution in [0.3, 0.4) is 0 Å². The minimum atomic E-state index is -3.42. The molecule has 1 heterocycles. The summed E-state index contributed by atoms with van der Waals surface area (Å²) in [5.41, 5.74) is 0.332. The molecule has 0 fully saturated rings. The Kier molecular flexibility index (Phi) is 2.54. The van der Waals surface area contributed by atoms with E-state index in [0.29, 0.717) is 5.69 Å². The molecule has 0 aliphatic carbocycles. The Morgan fingerprint density at radius 2 is 1.94 bits per heavy atom. The summed E-state index contributed by atoms with van der Waals surface area (Å²) in [4.78, 5) is 12.1. The summed E-state index contributed by atoms with van der Waals surface area (Å²) in [7, 11) is -3.42. The average molecular weight is 253 g/mol. The fourth-order valence-electron chi connectivity index (χ4n) is 1.90. The van der Waals surface area contributed by atoms with E-state index in [1.54, 1.807) is 32.0 Å². The molecule has 1 aliphatic heterocycles. The minimum absolute atomic E-state index is 0.164. The van der Waals surface area contributed by atoms with Crippen LogP contribution in [-0.2, 0) is 14.6 Å². The van der Waals surface area contributed by atoms with Crippen molar-refractivity contribution in [1.29, 1.82) is 0 Å². The van der Waals surface area contributed by atoms with E-state index in [-0.39, 0.29) is 16.6 Å². The first-order chi connectivity index (χ1) is 7.72. The van der Waals surface area contributed by atoms with Crippen LogP contribution < -0.4 is 5.32 Å². The Morgan fingerprint density at radius 3 is 2.59 bits per heavy atom. The molecule has 0 spiro atoms. The number of fused-ring (bicyclic) bond motifs is 1. The highest BCUT2D eigenvalue weighted by Gasteiger charge is 2.38. The van der Waals surface area contributed by atoms with Crippen LogP contribution in [0.4, 0.5) is 5.69 Å². The van der Waals surface area contributed by atoms with Gasteiger partial charge in [-0.1, -0.05) is 19.9 Å². The number of nitrogens with one attached hydrogen (secondary N) is 1. The Bertz CT molecular complexity index is 588. The largest absolute Gasteiger partial charge is 0.324 e. The van der Waals surface area contributed by atoms with Gasteiger partial charge in [-0.05, 0) is 24.6 Å². The van der Waals surface area contributed by atoms with Gasteiger partial charge in [-0.15, -0.1) is 0 Å². The molecule has 1 amide bonds. The zero-order valence-electron chi connectivity index (χ0n) is 10.1. The van der Waals surface area contributed by atoms with Crippen molar-refractivity contribution in [2.45, 2.75) is 25.7 Å². The first-order valence-corrected chi connectivity index (χ1v) is 7.02. The predicted octanol–water partition coefficient (Wildman–Crippen LogP) is 1.75. The number of rotatable bonds is 0. The SMILES string of the molecule is Cc1ccc2c(c1)S(=O)(=O)CC(C)(C)C(=O)N2. The Morgan fingerprint density at radius 1 is 1.29 bits per heavy atom. The number of carbonyl (C=O) groups is 1. The van der Waals surface area contributed by atoms with Crippen molar-refractivity contribution in [2.75, 3.05) is 11.1 Å². The first kappa shape index (κ1) is 12.1. The third-order valence-electron chi connectivity index (χ3n) is 2.89. The molecule has 5 heteroatoms. The van der Waals surface area contributed by atoms with Crippen molar-refractivity contribution in [1.82, 2.24) is 0 Å². The molecule has 0 atom stereocenters. The number of aryl methyl sites for hydroxylation is 1. The van der Waals surface area contributed by atoms with Crippen LogP contribution in [-0.4, -0.2) is 20.1 Å². The number of carbonyl (C=O) groups excluding carboxylic acids is 1. The molecule has 2 rings (SSSR count). The van der Waals surface area contributed by atoms with Gasteiger partial charge in [0.15, 0.2) is 9.84 Å². The Hall–Kier alpha value is -1.36. The standard InChI is InChI=1S/C12H15NO3S/c1-8-4-5-9-10(6-8)17(15,16)7-12(2,3)11(14)13-9/h4-6H,7H2,1-3H3,(H,13,14). The first-order valence-electron chi connectivity index (χ1n) is 5.37. The van der Waals surface area contributed by atoms with E-state index in [0.717, 1.165) is 5.56 Å². The van der Waals surface area contributed by atoms with E-state index >= 15 is 0 Å². The minimum Gasteiger partial charge on any atom is -0.324 e. The fraction of sp³-hybridized carbons (Fsp3) is 0.417. The summed E-state index contributed by atoms with van der Waals surface area (Å²) < 4.78 is 24.4. The van der Waals surface area contributed by atoms with Crippen molar-refractivity contribution in [3.05, 3.63) is 23.8 Å². The summed E-state index contributed by atoms with van der Waals surface area (Å²) in [5, 5.41) is 2.68. The van der Waals surface area contributed by atoms with Gasteiger partial charge in [0, 0.05) is 0 Å². The van der Waals surface area contributed by atoms with Crippen molar-refractivity contribution in [3.8, 4) is 0 Å². The van der Waals surface area contributed by atoms with E-state index in [1.165, 1.54) is 0 Å². The average Bonchev–Trinajstić information content (AvgIpc) is 2.23. The molecule has 4 nitrogen and oxygen atoms in total. The molecule has 1 aliphatic rings. The number of hydrogen-bond donors (Lipinski definition) is 1. The fourth-order valence-corrected chi connectivity index (χ4v) is 3.96. The van der Waals surface area contributed by atoms with Crippen LogP contribution in [0.5, 0.6) is 0 Å². The molecule has 1 N–H and O–H groups in total. The molecule has 0 unspecified atom stereocenters. The lowest BCUT2D eigenvalue weighted by Gasteiger charge is -2.18. The van der Waals surface area contributed by atoms with Gasteiger partial charge in [-0.25, -0.2) is 8.42 Å². The van der Waals surface area contributed by atoms with Crippen LogP contribution >= 0.6 is 0 Å². The predicted molar refractivity (Wildman–Crippen MR) is 65.6 cm³/mol. The second-order valence-electron chi connectivity index (χ2n) is 5.10. The van der Waals surface area contributed by atoms with Crippen molar-refractivity contribution in [3.63, 3.8) is 0 Å². The third kappa shape index (κ3) is 2.07. The summed E-state index contributed by atoms with van der Waals surface area (Å²) in [6.45, 7) is 5.10. The molecule has 92 valence electrons. The van der Waals surface area contributed by atoms with Gasteiger partial charge in [0.05, 0.1) is 21.8 Å². The lowest BCUT2D eigenvalue weighted by molar-refractivity contribution is -0.122. The molecule has 0 saturated heterocycles. The normalized spacial score (nSPS) is 21.2. The quantitative estimate of drug-likeness (QED) is 0.766. The highest BCUT2D eigenvalue weighted by atomic mass is 32.2. The summed E-state index contributed by atoms with van der Waals surface area (Å²) >= 11 is 0.